The van der Waals surface area contributed by atoms with Crippen LogP contribution in [0.15, 0.2) is 24.3 Å². The third-order valence-electron chi connectivity index (χ3n) is 2.35. The Labute approximate surface area is 99.7 Å². The van der Waals surface area contributed by atoms with Gasteiger partial charge in [-0.3, -0.25) is 4.90 Å². The maximum atomic E-state index is 12.8. The van der Waals surface area contributed by atoms with Gasteiger partial charge in [0.2, 0.25) is 0 Å². The SMILES string of the molecule is CN(CCO)C(C(N)=S)c1ccc(F)cc1. The van der Waals surface area contributed by atoms with Gasteiger partial charge in [0.1, 0.15) is 5.82 Å². The number of nitrogens with two attached hydrogens (primary N) is 1. The summed E-state index contributed by atoms with van der Waals surface area (Å²) < 4.78 is 12.8. The van der Waals surface area contributed by atoms with Gasteiger partial charge in [0, 0.05) is 6.54 Å². The number of halogens is 1. The number of hydrogen-bond acceptors (Lipinski definition) is 3. The Morgan fingerprint density at radius 1 is 1.50 bits per heavy atom. The van der Waals surface area contributed by atoms with Gasteiger partial charge in [-0.2, -0.15) is 0 Å². The first-order chi connectivity index (χ1) is 7.56. The molecule has 0 heterocycles. The van der Waals surface area contributed by atoms with Crippen LogP contribution < -0.4 is 5.73 Å². The molecule has 1 rings (SSSR count). The predicted octanol–water partition coefficient (Wildman–Crippen LogP) is 1.08. The van der Waals surface area contributed by atoms with Gasteiger partial charge in [0.15, 0.2) is 0 Å². The molecular weight excluding hydrogens is 227 g/mol. The fourth-order valence-electron chi connectivity index (χ4n) is 1.57. The van der Waals surface area contributed by atoms with Crippen molar-refractivity contribution in [3.8, 4) is 0 Å². The lowest BCUT2D eigenvalue weighted by atomic mass is 10.1. The lowest BCUT2D eigenvalue weighted by Gasteiger charge is -2.26. The molecule has 88 valence electrons. The average Bonchev–Trinajstić information content (AvgIpc) is 2.21. The van der Waals surface area contributed by atoms with Crippen molar-refractivity contribution in [1.29, 1.82) is 0 Å². The Balaban J connectivity index is 2.93. The fraction of sp³-hybridized carbons (Fsp3) is 0.364. The molecule has 0 saturated heterocycles. The topological polar surface area (TPSA) is 49.5 Å². The van der Waals surface area contributed by atoms with Crippen LogP contribution in [0.25, 0.3) is 0 Å². The van der Waals surface area contributed by atoms with Crippen LogP contribution in [0.2, 0.25) is 0 Å². The minimum Gasteiger partial charge on any atom is -0.395 e. The standard InChI is InChI=1S/C11H15FN2OS/c1-14(6-7-15)10(11(13)16)8-2-4-9(12)5-3-8/h2-5,10,15H,6-7H2,1H3,(H2,13,16). The van der Waals surface area contributed by atoms with E-state index >= 15 is 0 Å². The van der Waals surface area contributed by atoms with Crippen LogP contribution in [0.3, 0.4) is 0 Å². The van der Waals surface area contributed by atoms with Crippen LogP contribution in [0, 0.1) is 5.82 Å². The van der Waals surface area contributed by atoms with Gasteiger partial charge < -0.3 is 10.8 Å². The third-order valence-corrected chi connectivity index (χ3v) is 2.57. The van der Waals surface area contributed by atoms with Crippen molar-refractivity contribution in [2.24, 2.45) is 5.73 Å². The van der Waals surface area contributed by atoms with Gasteiger partial charge in [-0.15, -0.1) is 0 Å². The zero-order valence-corrected chi connectivity index (χ0v) is 9.88. The van der Waals surface area contributed by atoms with Crippen molar-refractivity contribution in [1.82, 2.24) is 4.90 Å². The van der Waals surface area contributed by atoms with Crippen molar-refractivity contribution in [2.45, 2.75) is 6.04 Å². The smallest absolute Gasteiger partial charge is 0.123 e. The number of aliphatic hydroxyl groups excluding tert-OH is 1. The van der Waals surface area contributed by atoms with Crippen LogP contribution in [-0.4, -0.2) is 35.2 Å². The quantitative estimate of drug-likeness (QED) is 0.759. The summed E-state index contributed by atoms with van der Waals surface area (Å²) >= 11 is 4.98. The molecule has 1 atom stereocenters. The van der Waals surface area contributed by atoms with E-state index in [4.69, 9.17) is 23.1 Å². The van der Waals surface area contributed by atoms with Crippen LogP contribution in [0.5, 0.6) is 0 Å². The van der Waals surface area contributed by atoms with Crippen molar-refractivity contribution >= 4 is 17.2 Å². The van der Waals surface area contributed by atoms with Crippen LogP contribution >= 0.6 is 12.2 Å². The summed E-state index contributed by atoms with van der Waals surface area (Å²) in [5, 5.41) is 8.87. The minimum absolute atomic E-state index is 0.0246. The summed E-state index contributed by atoms with van der Waals surface area (Å²) in [6.45, 7) is 0.482. The third kappa shape index (κ3) is 3.23. The van der Waals surface area contributed by atoms with Gasteiger partial charge >= 0.3 is 0 Å². The van der Waals surface area contributed by atoms with Gasteiger partial charge in [0.05, 0.1) is 17.6 Å². The van der Waals surface area contributed by atoms with Crippen LogP contribution in [-0.2, 0) is 0 Å². The Morgan fingerprint density at radius 2 is 2.06 bits per heavy atom. The molecule has 0 aliphatic heterocycles. The average molecular weight is 242 g/mol. The summed E-state index contributed by atoms with van der Waals surface area (Å²) in [5.41, 5.74) is 6.48. The summed E-state index contributed by atoms with van der Waals surface area (Å²) in [7, 11) is 1.81. The summed E-state index contributed by atoms with van der Waals surface area (Å²) in [6, 6.07) is 5.75. The number of likely N-dealkylation sites (N-methyl/N-ethyl adjacent to an activating group) is 1. The second-order valence-electron chi connectivity index (χ2n) is 3.56. The molecular formula is C11H15FN2OS. The van der Waals surface area contributed by atoms with Crippen molar-refractivity contribution in [2.75, 3.05) is 20.2 Å². The number of thiocarbonyl (C=S) groups is 1. The Bertz CT molecular complexity index is 356. The van der Waals surface area contributed by atoms with Gasteiger partial charge in [-0.25, -0.2) is 4.39 Å². The summed E-state index contributed by atoms with van der Waals surface area (Å²) in [6.07, 6.45) is 0. The highest BCUT2D eigenvalue weighted by atomic mass is 32.1. The zero-order chi connectivity index (χ0) is 12.1. The van der Waals surface area contributed by atoms with Gasteiger partial charge in [0.25, 0.3) is 0 Å². The molecule has 16 heavy (non-hydrogen) atoms. The molecule has 1 aromatic rings. The molecule has 5 heteroatoms. The molecule has 0 aromatic heterocycles. The van der Waals surface area contributed by atoms with E-state index in [0.717, 1.165) is 5.56 Å². The molecule has 1 aromatic carbocycles. The highest BCUT2D eigenvalue weighted by molar-refractivity contribution is 7.80. The van der Waals surface area contributed by atoms with Crippen LogP contribution in [0.1, 0.15) is 11.6 Å². The Kier molecular flexibility index (Phi) is 4.79. The lowest BCUT2D eigenvalue weighted by molar-refractivity contribution is 0.207. The Morgan fingerprint density at radius 3 is 2.50 bits per heavy atom. The van der Waals surface area contributed by atoms with Gasteiger partial charge in [-0.1, -0.05) is 24.4 Å². The number of hydrogen-bond donors (Lipinski definition) is 2. The molecule has 3 N–H and O–H groups in total. The number of benzene rings is 1. The van der Waals surface area contributed by atoms with Crippen molar-refractivity contribution in [3.63, 3.8) is 0 Å². The summed E-state index contributed by atoms with van der Waals surface area (Å²) in [4.78, 5) is 2.14. The highest BCUT2D eigenvalue weighted by Crippen LogP contribution is 2.19. The largest absolute Gasteiger partial charge is 0.395 e. The molecule has 3 nitrogen and oxygen atoms in total. The first kappa shape index (κ1) is 13.0. The van der Waals surface area contributed by atoms with E-state index in [2.05, 4.69) is 0 Å². The molecule has 0 saturated carbocycles. The monoisotopic (exact) mass is 242 g/mol. The fourth-order valence-corrected chi connectivity index (χ4v) is 1.88. The number of nitrogens with zero attached hydrogens (tertiary/aromatic N) is 1. The normalized spacial score (nSPS) is 12.8. The molecule has 1 unspecified atom stereocenters. The molecule has 0 aliphatic rings. The molecule has 0 fully saturated rings. The van der Waals surface area contributed by atoms with E-state index in [0.29, 0.717) is 11.5 Å². The molecule has 0 aliphatic carbocycles. The maximum absolute atomic E-state index is 12.8. The van der Waals surface area contributed by atoms with E-state index in [1.165, 1.54) is 12.1 Å². The first-order valence-electron chi connectivity index (χ1n) is 4.92. The molecule has 0 radical (unpaired) electrons. The minimum atomic E-state index is -0.296. The number of aliphatic hydroxyl groups is 1. The van der Waals surface area contributed by atoms with Crippen LogP contribution in [0.4, 0.5) is 4.39 Å². The van der Waals surface area contributed by atoms with Gasteiger partial charge in [-0.05, 0) is 24.7 Å². The first-order valence-corrected chi connectivity index (χ1v) is 5.33. The van der Waals surface area contributed by atoms with E-state index in [1.54, 1.807) is 12.1 Å². The molecule has 0 bridgehead atoms. The molecule has 0 amide bonds. The van der Waals surface area contributed by atoms with E-state index in [9.17, 15) is 4.39 Å². The van der Waals surface area contributed by atoms with Crippen molar-refractivity contribution in [3.05, 3.63) is 35.6 Å². The predicted molar refractivity (Wildman–Crippen MR) is 65.6 cm³/mol. The number of rotatable bonds is 5. The molecule has 0 spiro atoms. The lowest BCUT2D eigenvalue weighted by Crippen LogP contribution is -2.35. The zero-order valence-electron chi connectivity index (χ0n) is 9.06. The summed E-state index contributed by atoms with van der Waals surface area (Å²) in [5.74, 6) is -0.296. The maximum Gasteiger partial charge on any atom is 0.123 e. The van der Waals surface area contributed by atoms with E-state index in [-0.39, 0.29) is 18.5 Å². The Hall–Kier alpha value is -1.04. The second-order valence-corrected chi connectivity index (χ2v) is 4.03. The highest BCUT2D eigenvalue weighted by Gasteiger charge is 2.19. The van der Waals surface area contributed by atoms with E-state index in [1.807, 2.05) is 11.9 Å². The second kappa shape index (κ2) is 5.89. The van der Waals surface area contributed by atoms with Crippen molar-refractivity contribution < 1.29 is 9.50 Å². The van der Waals surface area contributed by atoms with E-state index < -0.39 is 0 Å².